The van der Waals surface area contributed by atoms with Gasteiger partial charge in [0.2, 0.25) is 0 Å². The third-order valence-electron chi connectivity index (χ3n) is 2.67. The zero-order valence-electron chi connectivity index (χ0n) is 8.18. The highest BCUT2D eigenvalue weighted by molar-refractivity contribution is 5.36. The molecule has 1 radical (unpaired) electrons. The van der Waals surface area contributed by atoms with E-state index in [-0.39, 0.29) is 0 Å². The van der Waals surface area contributed by atoms with Crippen molar-refractivity contribution in [3.8, 4) is 0 Å². The number of nitrogens with zero attached hydrogens (tertiary/aromatic N) is 1. The van der Waals surface area contributed by atoms with E-state index in [2.05, 4.69) is 18.3 Å². The molecule has 1 aliphatic heterocycles. The first-order valence-corrected chi connectivity index (χ1v) is 4.86. The van der Waals surface area contributed by atoms with Gasteiger partial charge < -0.3 is 0 Å². The third-order valence-corrected chi connectivity index (χ3v) is 2.67. The van der Waals surface area contributed by atoms with Crippen LogP contribution >= 0.6 is 0 Å². The van der Waals surface area contributed by atoms with Crippen molar-refractivity contribution in [2.24, 2.45) is 0 Å². The molecule has 1 aliphatic carbocycles. The van der Waals surface area contributed by atoms with Crippen LogP contribution in [0.2, 0.25) is 0 Å². The maximum Gasteiger partial charge on any atom is 0.115 e. The summed E-state index contributed by atoms with van der Waals surface area (Å²) in [6, 6.07) is 0.374. The van der Waals surface area contributed by atoms with Gasteiger partial charge in [-0.05, 0) is 25.8 Å². The zero-order chi connectivity index (χ0) is 9.47. The van der Waals surface area contributed by atoms with Gasteiger partial charge in [-0.3, -0.25) is 5.32 Å². The monoisotopic (exact) mass is 180 g/mol. The van der Waals surface area contributed by atoms with E-state index >= 15 is 0 Å². The topological polar surface area (TPSA) is 14.1 Å². The first kappa shape index (κ1) is 8.79. The fraction of sp³-hybridized carbons (Fsp3) is 0.636. The highest BCUT2D eigenvalue weighted by atomic mass is 19.1. The van der Waals surface area contributed by atoms with Crippen molar-refractivity contribution < 1.29 is 4.39 Å². The minimum Gasteiger partial charge on any atom is -0.282 e. The summed E-state index contributed by atoms with van der Waals surface area (Å²) in [6.07, 6.45) is 6.08. The Bertz CT molecular complexity index is 276. The lowest BCUT2D eigenvalue weighted by Gasteiger charge is -2.31. The average Bonchev–Trinajstić information content (AvgIpc) is 2.05. The molecule has 0 saturated heterocycles. The second-order valence-electron chi connectivity index (χ2n) is 4.33. The van der Waals surface area contributed by atoms with E-state index in [1.807, 2.05) is 6.08 Å². The van der Waals surface area contributed by atoms with Crippen molar-refractivity contribution in [3.05, 3.63) is 23.4 Å². The maximum atomic E-state index is 13.6. The van der Waals surface area contributed by atoms with Crippen LogP contribution < -0.4 is 5.32 Å². The molecule has 0 saturated carbocycles. The molecule has 0 amide bonds. The van der Waals surface area contributed by atoms with Crippen molar-refractivity contribution >= 4 is 0 Å². The molecule has 2 atom stereocenters. The highest BCUT2D eigenvalue weighted by Gasteiger charge is 2.31. The summed E-state index contributed by atoms with van der Waals surface area (Å²) in [5.41, 5.74) is 1.09. The molecular formula is C11H15FN. The smallest absolute Gasteiger partial charge is 0.115 e. The van der Waals surface area contributed by atoms with Gasteiger partial charge in [0.25, 0.3) is 0 Å². The van der Waals surface area contributed by atoms with E-state index in [0.29, 0.717) is 18.9 Å². The van der Waals surface area contributed by atoms with Gasteiger partial charge >= 0.3 is 0 Å². The van der Waals surface area contributed by atoms with Crippen LogP contribution in [0, 0.1) is 0 Å². The van der Waals surface area contributed by atoms with Crippen LogP contribution in [-0.4, -0.2) is 11.7 Å². The van der Waals surface area contributed by atoms with Crippen molar-refractivity contribution in [1.82, 2.24) is 5.32 Å². The Morgan fingerprint density at radius 3 is 3.08 bits per heavy atom. The fourth-order valence-electron chi connectivity index (χ4n) is 1.92. The van der Waals surface area contributed by atoms with Crippen molar-refractivity contribution in [2.45, 2.75) is 44.8 Å². The molecule has 0 aromatic rings. The molecule has 1 nitrogen and oxygen atoms in total. The van der Waals surface area contributed by atoms with E-state index in [1.165, 1.54) is 0 Å². The van der Waals surface area contributed by atoms with Crippen molar-refractivity contribution in [2.75, 3.05) is 0 Å². The number of alkyl halides is 1. The highest BCUT2D eigenvalue weighted by Crippen LogP contribution is 2.36. The summed E-state index contributed by atoms with van der Waals surface area (Å²) >= 11 is 0. The predicted octanol–water partition coefficient (Wildman–Crippen LogP) is 2.72. The molecular weight excluding hydrogens is 165 g/mol. The quantitative estimate of drug-likeness (QED) is 0.544. The minimum atomic E-state index is -1.05. The van der Waals surface area contributed by atoms with Gasteiger partial charge in [0, 0.05) is 12.8 Å². The van der Waals surface area contributed by atoms with Crippen molar-refractivity contribution in [1.29, 1.82) is 0 Å². The number of hydrogen-bond donors (Lipinski definition) is 0. The molecule has 0 N–H and O–H groups in total. The van der Waals surface area contributed by atoms with Gasteiger partial charge in [0.1, 0.15) is 5.67 Å². The van der Waals surface area contributed by atoms with Gasteiger partial charge in [-0.15, -0.1) is 0 Å². The Labute approximate surface area is 78.7 Å². The van der Waals surface area contributed by atoms with E-state index in [4.69, 9.17) is 0 Å². The molecule has 13 heavy (non-hydrogen) atoms. The SMILES string of the molecule is CC1CC=C2CC(C)(F)CC=C2[N]1. The summed E-state index contributed by atoms with van der Waals surface area (Å²) < 4.78 is 13.6. The molecule has 0 fully saturated rings. The van der Waals surface area contributed by atoms with Crippen LogP contribution in [0.1, 0.15) is 33.1 Å². The minimum absolute atomic E-state index is 0.374. The molecule has 2 unspecified atom stereocenters. The Hall–Kier alpha value is -0.790. The Morgan fingerprint density at radius 1 is 1.54 bits per heavy atom. The van der Waals surface area contributed by atoms with Crippen LogP contribution in [0.5, 0.6) is 0 Å². The van der Waals surface area contributed by atoms with Crippen LogP contribution in [0.25, 0.3) is 0 Å². The summed E-state index contributed by atoms with van der Waals surface area (Å²) in [4.78, 5) is 0. The molecule has 2 rings (SSSR count). The Morgan fingerprint density at radius 2 is 2.31 bits per heavy atom. The zero-order valence-corrected chi connectivity index (χ0v) is 8.18. The molecule has 2 heteroatoms. The lowest BCUT2D eigenvalue weighted by molar-refractivity contribution is 0.186. The van der Waals surface area contributed by atoms with Crippen LogP contribution in [0.15, 0.2) is 23.4 Å². The van der Waals surface area contributed by atoms with Crippen LogP contribution in [-0.2, 0) is 0 Å². The number of hydrogen-bond acceptors (Lipinski definition) is 0. The molecule has 0 aromatic heterocycles. The van der Waals surface area contributed by atoms with Gasteiger partial charge in [-0.25, -0.2) is 4.39 Å². The maximum absolute atomic E-state index is 13.6. The Balaban J connectivity index is 2.23. The molecule has 1 heterocycles. The normalized spacial score (nSPS) is 38.5. The summed E-state index contributed by atoms with van der Waals surface area (Å²) in [5, 5.41) is 4.50. The first-order chi connectivity index (χ1) is 6.07. The largest absolute Gasteiger partial charge is 0.282 e. The molecule has 2 aliphatic rings. The van der Waals surface area contributed by atoms with Crippen LogP contribution in [0.3, 0.4) is 0 Å². The van der Waals surface area contributed by atoms with Crippen LogP contribution in [0.4, 0.5) is 4.39 Å². The lowest BCUT2D eigenvalue weighted by atomic mass is 9.85. The second kappa shape index (κ2) is 2.86. The molecule has 0 bridgehead atoms. The van der Waals surface area contributed by atoms with Gasteiger partial charge in [-0.2, -0.15) is 0 Å². The second-order valence-corrected chi connectivity index (χ2v) is 4.33. The predicted molar refractivity (Wildman–Crippen MR) is 51.1 cm³/mol. The van der Waals surface area contributed by atoms with E-state index in [1.54, 1.807) is 6.92 Å². The van der Waals surface area contributed by atoms with E-state index < -0.39 is 5.67 Å². The standard InChI is InChI=1S/C11H15FN/c1-8-3-4-9-7-11(2,12)6-5-10(9)13-8/h4-5,8H,3,6-7H2,1-2H3. The number of halogens is 1. The summed E-state index contributed by atoms with van der Waals surface area (Å²) in [7, 11) is 0. The van der Waals surface area contributed by atoms with E-state index in [9.17, 15) is 4.39 Å². The fourth-order valence-corrected chi connectivity index (χ4v) is 1.92. The van der Waals surface area contributed by atoms with Crippen molar-refractivity contribution in [3.63, 3.8) is 0 Å². The lowest BCUT2D eigenvalue weighted by Crippen LogP contribution is -2.30. The summed E-state index contributed by atoms with van der Waals surface area (Å²) in [6.45, 7) is 3.76. The molecule has 0 aromatic carbocycles. The van der Waals surface area contributed by atoms with E-state index in [0.717, 1.165) is 17.7 Å². The van der Waals surface area contributed by atoms with Gasteiger partial charge in [0.15, 0.2) is 0 Å². The number of allylic oxidation sites excluding steroid dienone is 2. The number of fused-ring (bicyclic) bond motifs is 1. The van der Waals surface area contributed by atoms with Gasteiger partial charge in [-0.1, -0.05) is 12.2 Å². The average molecular weight is 180 g/mol. The third kappa shape index (κ3) is 1.77. The summed E-state index contributed by atoms with van der Waals surface area (Å²) in [5.74, 6) is 0. The van der Waals surface area contributed by atoms with Gasteiger partial charge in [0.05, 0.1) is 11.7 Å². The number of rotatable bonds is 0. The Kier molecular flexibility index (Phi) is 1.94. The molecule has 0 spiro atoms. The first-order valence-electron chi connectivity index (χ1n) is 4.86. The molecule has 71 valence electrons.